The van der Waals surface area contributed by atoms with E-state index in [0.717, 1.165) is 9.87 Å². The van der Waals surface area contributed by atoms with Gasteiger partial charge in [0.2, 0.25) is 10.0 Å². The van der Waals surface area contributed by atoms with Crippen LogP contribution in [0.5, 0.6) is 0 Å². The van der Waals surface area contributed by atoms with Crippen molar-refractivity contribution in [3.8, 4) is 0 Å². The molecule has 0 amide bonds. The van der Waals surface area contributed by atoms with Gasteiger partial charge in [0, 0.05) is 6.54 Å². The molecule has 7 heteroatoms. The molecule has 21 heavy (non-hydrogen) atoms. The van der Waals surface area contributed by atoms with Gasteiger partial charge in [0.1, 0.15) is 10.9 Å². The molecule has 0 aliphatic carbocycles. The first kappa shape index (κ1) is 16.3. The van der Waals surface area contributed by atoms with Crippen molar-refractivity contribution in [2.75, 3.05) is 6.54 Å². The van der Waals surface area contributed by atoms with Crippen molar-refractivity contribution in [2.24, 2.45) is 5.92 Å². The zero-order valence-corrected chi connectivity index (χ0v) is 13.5. The van der Waals surface area contributed by atoms with Gasteiger partial charge in [0.25, 0.3) is 0 Å². The SMILES string of the molecule is Cc1ccc(S(=O)(=O)N2CCC(C)CC2C(=O)O)c(Cl)c1. The second-order valence-corrected chi connectivity index (χ2v) is 7.80. The minimum atomic E-state index is -3.91. The van der Waals surface area contributed by atoms with Gasteiger partial charge in [0.05, 0.1) is 5.02 Å². The molecule has 5 nitrogen and oxygen atoms in total. The van der Waals surface area contributed by atoms with E-state index in [-0.39, 0.29) is 22.4 Å². The van der Waals surface area contributed by atoms with Gasteiger partial charge in [-0.3, -0.25) is 4.79 Å². The minimum Gasteiger partial charge on any atom is -0.480 e. The average molecular weight is 332 g/mol. The molecule has 2 atom stereocenters. The Bertz CT molecular complexity index is 659. The summed E-state index contributed by atoms with van der Waals surface area (Å²) >= 11 is 6.04. The summed E-state index contributed by atoms with van der Waals surface area (Å²) in [6.07, 6.45) is 0.963. The van der Waals surface area contributed by atoms with E-state index in [4.69, 9.17) is 11.6 Å². The number of carbonyl (C=O) groups is 1. The lowest BCUT2D eigenvalue weighted by Crippen LogP contribution is -2.49. The largest absolute Gasteiger partial charge is 0.480 e. The topological polar surface area (TPSA) is 74.7 Å². The molecule has 1 N–H and O–H groups in total. The molecule has 1 fully saturated rings. The Hall–Kier alpha value is -1.11. The van der Waals surface area contributed by atoms with Gasteiger partial charge in [-0.2, -0.15) is 4.31 Å². The Labute approximate surface area is 129 Å². The Morgan fingerprint density at radius 1 is 1.43 bits per heavy atom. The maximum Gasteiger partial charge on any atom is 0.322 e. The minimum absolute atomic E-state index is 0.0319. The molecule has 2 rings (SSSR count). The highest BCUT2D eigenvalue weighted by Crippen LogP contribution is 2.31. The number of piperidine rings is 1. The summed E-state index contributed by atoms with van der Waals surface area (Å²) in [6, 6.07) is 3.62. The molecule has 0 aromatic heterocycles. The molecule has 0 saturated carbocycles. The Morgan fingerprint density at radius 2 is 2.10 bits per heavy atom. The van der Waals surface area contributed by atoms with Crippen molar-refractivity contribution in [3.63, 3.8) is 0 Å². The zero-order valence-electron chi connectivity index (χ0n) is 11.9. The lowest BCUT2D eigenvalue weighted by atomic mass is 9.94. The summed E-state index contributed by atoms with van der Waals surface area (Å²) in [5, 5.41) is 9.43. The number of halogens is 1. The summed E-state index contributed by atoms with van der Waals surface area (Å²) in [5.74, 6) is -0.931. The summed E-state index contributed by atoms with van der Waals surface area (Å²) in [4.78, 5) is 11.4. The molecular formula is C14H18ClNO4S. The number of hydrogen-bond acceptors (Lipinski definition) is 3. The van der Waals surface area contributed by atoms with Crippen LogP contribution in [0, 0.1) is 12.8 Å². The van der Waals surface area contributed by atoms with Crippen LogP contribution in [0.15, 0.2) is 23.1 Å². The van der Waals surface area contributed by atoms with Gasteiger partial charge >= 0.3 is 5.97 Å². The van der Waals surface area contributed by atoms with Gasteiger partial charge in [-0.1, -0.05) is 24.6 Å². The van der Waals surface area contributed by atoms with E-state index < -0.39 is 22.0 Å². The number of rotatable bonds is 3. The van der Waals surface area contributed by atoms with Crippen LogP contribution in [0.1, 0.15) is 25.3 Å². The van der Waals surface area contributed by atoms with Crippen LogP contribution in [-0.4, -0.2) is 36.4 Å². The third-order valence-corrected chi connectivity index (χ3v) is 6.17. The number of aryl methyl sites for hydroxylation is 1. The fraction of sp³-hybridized carbons (Fsp3) is 0.500. The molecule has 1 heterocycles. The summed E-state index contributed by atoms with van der Waals surface area (Å²) in [7, 11) is -3.91. The molecule has 116 valence electrons. The zero-order chi connectivity index (χ0) is 15.8. The van der Waals surface area contributed by atoms with Crippen LogP contribution in [-0.2, 0) is 14.8 Å². The van der Waals surface area contributed by atoms with E-state index in [0.29, 0.717) is 12.8 Å². The molecule has 0 radical (unpaired) electrons. The highest BCUT2D eigenvalue weighted by Gasteiger charge is 2.40. The average Bonchev–Trinajstić information content (AvgIpc) is 2.37. The second kappa shape index (κ2) is 5.94. The molecule has 1 aliphatic heterocycles. The van der Waals surface area contributed by atoms with Crippen molar-refractivity contribution in [3.05, 3.63) is 28.8 Å². The van der Waals surface area contributed by atoms with Crippen molar-refractivity contribution in [1.29, 1.82) is 0 Å². The third-order valence-electron chi connectivity index (χ3n) is 3.77. The number of nitrogens with zero attached hydrogens (tertiary/aromatic N) is 1. The first-order valence-corrected chi connectivity index (χ1v) is 8.56. The first-order chi connectivity index (χ1) is 9.73. The predicted molar refractivity (Wildman–Crippen MR) is 79.9 cm³/mol. The number of aliphatic carboxylic acids is 1. The maximum atomic E-state index is 12.7. The van der Waals surface area contributed by atoms with Gasteiger partial charge < -0.3 is 5.11 Å². The van der Waals surface area contributed by atoms with E-state index in [1.165, 1.54) is 6.07 Å². The standard InChI is InChI=1S/C14H18ClNO4S/c1-9-3-4-13(11(15)7-9)21(19,20)16-6-5-10(2)8-12(16)14(17)18/h3-4,7,10,12H,5-6,8H2,1-2H3,(H,17,18). The quantitative estimate of drug-likeness (QED) is 0.923. The monoisotopic (exact) mass is 331 g/mol. The summed E-state index contributed by atoms with van der Waals surface area (Å²) in [6.45, 7) is 3.94. The molecular weight excluding hydrogens is 314 g/mol. The lowest BCUT2D eigenvalue weighted by Gasteiger charge is -2.35. The van der Waals surface area contributed by atoms with E-state index in [1.54, 1.807) is 12.1 Å². The van der Waals surface area contributed by atoms with E-state index >= 15 is 0 Å². The Kier molecular flexibility index (Phi) is 4.60. The normalized spacial score (nSPS) is 24.0. The molecule has 1 aromatic carbocycles. The van der Waals surface area contributed by atoms with E-state index in [1.807, 2.05) is 13.8 Å². The van der Waals surface area contributed by atoms with Gasteiger partial charge in [0.15, 0.2) is 0 Å². The number of hydrogen-bond donors (Lipinski definition) is 1. The van der Waals surface area contributed by atoms with Crippen molar-refractivity contribution < 1.29 is 18.3 Å². The summed E-state index contributed by atoms with van der Waals surface area (Å²) in [5.41, 5.74) is 0.848. The highest BCUT2D eigenvalue weighted by atomic mass is 35.5. The van der Waals surface area contributed by atoms with E-state index in [2.05, 4.69) is 0 Å². The number of carboxylic acids is 1. The third kappa shape index (κ3) is 3.22. The van der Waals surface area contributed by atoms with Gasteiger partial charge in [-0.05, 0) is 43.4 Å². The van der Waals surface area contributed by atoms with Crippen molar-refractivity contribution >= 4 is 27.6 Å². The number of carboxylic acid groups (broad SMARTS) is 1. The predicted octanol–water partition coefficient (Wildman–Crippen LogP) is 2.52. The molecule has 1 saturated heterocycles. The van der Waals surface area contributed by atoms with Crippen LogP contribution in [0.25, 0.3) is 0 Å². The molecule has 1 aromatic rings. The van der Waals surface area contributed by atoms with Crippen LogP contribution in [0.3, 0.4) is 0 Å². The molecule has 0 spiro atoms. The van der Waals surface area contributed by atoms with Crippen LogP contribution in [0.4, 0.5) is 0 Å². The molecule has 2 unspecified atom stereocenters. The van der Waals surface area contributed by atoms with Crippen LogP contribution >= 0.6 is 11.6 Å². The number of sulfonamides is 1. The fourth-order valence-electron chi connectivity index (χ4n) is 2.57. The maximum absolute atomic E-state index is 12.7. The van der Waals surface area contributed by atoms with Crippen LogP contribution in [0.2, 0.25) is 5.02 Å². The van der Waals surface area contributed by atoms with Crippen molar-refractivity contribution in [1.82, 2.24) is 4.31 Å². The smallest absolute Gasteiger partial charge is 0.322 e. The second-order valence-electron chi connectivity index (χ2n) is 5.53. The lowest BCUT2D eigenvalue weighted by molar-refractivity contribution is -0.143. The molecule has 0 bridgehead atoms. The van der Waals surface area contributed by atoms with Crippen molar-refractivity contribution in [2.45, 2.75) is 37.6 Å². The Morgan fingerprint density at radius 3 is 2.67 bits per heavy atom. The first-order valence-electron chi connectivity index (χ1n) is 6.74. The van der Waals surface area contributed by atoms with Gasteiger partial charge in [-0.25, -0.2) is 8.42 Å². The van der Waals surface area contributed by atoms with Gasteiger partial charge in [-0.15, -0.1) is 0 Å². The number of benzene rings is 1. The highest BCUT2D eigenvalue weighted by molar-refractivity contribution is 7.89. The summed E-state index contributed by atoms with van der Waals surface area (Å²) < 4.78 is 26.5. The Balaban J connectivity index is 2.44. The molecule has 1 aliphatic rings. The van der Waals surface area contributed by atoms with Crippen LogP contribution < -0.4 is 0 Å². The fourth-order valence-corrected chi connectivity index (χ4v) is 4.76. The van der Waals surface area contributed by atoms with E-state index in [9.17, 15) is 18.3 Å².